The molecule has 1 aliphatic rings. The van der Waals surface area contributed by atoms with Gasteiger partial charge in [-0.3, -0.25) is 19.4 Å². The first kappa shape index (κ1) is 16.8. The van der Waals surface area contributed by atoms with Crippen LogP contribution in [0.1, 0.15) is 33.7 Å². The fourth-order valence-corrected chi connectivity index (χ4v) is 3.84. The van der Waals surface area contributed by atoms with Gasteiger partial charge in [0.25, 0.3) is 5.91 Å². The van der Waals surface area contributed by atoms with Gasteiger partial charge in [-0.1, -0.05) is 0 Å². The van der Waals surface area contributed by atoms with Crippen molar-refractivity contribution in [2.45, 2.75) is 25.6 Å². The smallest absolute Gasteiger partial charge is 0.271 e. The van der Waals surface area contributed by atoms with Gasteiger partial charge in [-0.05, 0) is 12.5 Å². The van der Waals surface area contributed by atoms with Gasteiger partial charge in [-0.25, -0.2) is 9.97 Å². The van der Waals surface area contributed by atoms with Crippen molar-refractivity contribution in [2.75, 3.05) is 13.1 Å². The summed E-state index contributed by atoms with van der Waals surface area (Å²) in [6.45, 7) is 3.15. The third-order valence-electron chi connectivity index (χ3n) is 4.35. The lowest BCUT2D eigenvalue weighted by molar-refractivity contribution is 0.0941. The predicted octanol–water partition coefficient (Wildman–Crippen LogP) is 1.51. The molecule has 1 aliphatic heterocycles. The van der Waals surface area contributed by atoms with E-state index in [-0.39, 0.29) is 11.9 Å². The number of nitrogens with zero attached hydrogens (tertiary/aromatic N) is 6. The fraction of sp³-hybridized carbons (Fsp3) is 0.353. The van der Waals surface area contributed by atoms with Crippen LogP contribution in [0.25, 0.3) is 0 Å². The Morgan fingerprint density at radius 1 is 1.27 bits per heavy atom. The van der Waals surface area contributed by atoms with Crippen LogP contribution in [0.2, 0.25) is 0 Å². The van der Waals surface area contributed by atoms with Crippen LogP contribution in [-0.2, 0) is 13.1 Å². The molecular weight excluding hydrogens is 350 g/mol. The first-order chi connectivity index (χ1) is 12.8. The zero-order chi connectivity index (χ0) is 17.8. The molecule has 0 fully saturated rings. The Bertz CT molecular complexity index is 849. The van der Waals surface area contributed by atoms with E-state index in [9.17, 15) is 4.79 Å². The number of aromatic nitrogens is 5. The monoisotopic (exact) mass is 369 g/mol. The molecule has 26 heavy (non-hydrogen) atoms. The number of carbonyl (C=O) groups is 1. The van der Waals surface area contributed by atoms with E-state index in [1.807, 2.05) is 17.8 Å². The Morgan fingerprint density at radius 3 is 3.04 bits per heavy atom. The number of hydrogen-bond donors (Lipinski definition) is 1. The second kappa shape index (κ2) is 7.71. The number of fused-ring (bicyclic) bond motifs is 1. The topological polar surface area (TPSA) is 88.8 Å². The Kier molecular flexibility index (Phi) is 4.98. The van der Waals surface area contributed by atoms with Crippen molar-refractivity contribution in [3.63, 3.8) is 0 Å². The van der Waals surface area contributed by atoms with E-state index in [4.69, 9.17) is 0 Å². The first-order valence-corrected chi connectivity index (χ1v) is 9.35. The molecule has 1 amide bonds. The Labute approximate surface area is 154 Å². The molecule has 9 heteroatoms. The average Bonchev–Trinajstić information content (AvgIpc) is 3.34. The molecule has 1 atom stereocenters. The lowest BCUT2D eigenvalue weighted by Crippen LogP contribution is -2.39. The van der Waals surface area contributed by atoms with Crippen LogP contribution in [0.15, 0.2) is 42.4 Å². The number of amides is 1. The lowest BCUT2D eigenvalue weighted by atomic mass is 10.1. The molecule has 0 bridgehead atoms. The van der Waals surface area contributed by atoms with Crippen LogP contribution in [0, 0.1) is 0 Å². The molecule has 4 heterocycles. The van der Waals surface area contributed by atoms with E-state index < -0.39 is 0 Å². The third kappa shape index (κ3) is 3.78. The average molecular weight is 369 g/mol. The summed E-state index contributed by atoms with van der Waals surface area (Å²) in [5.41, 5.74) is 1.53. The zero-order valence-corrected chi connectivity index (χ0v) is 15.0. The quantitative estimate of drug-likeness (QED) is 0.708. The summed E-state index contributed by atoms with van der Waals surface area (Å²) >= 11 is 1.68. The molecule has 1 unspecified atom stereocenters. The molecule has 0 aliphatic carbocycles. The maximum atomic E-state index is 12.1. The molecule has 1 N–H and O–H groups in total. The molecule has 4 rings (SSSR count). The number of rotatable bonds is 6. The predicted molar refractivity (Wildman–Crippen MR) is 96.5 cm³/mol. The van der Waals surface area contributed by atoms with Gasteiger partial charge in [0.05, 0.1) is 24.5 Å². The van der Waals surface area contributed by atoms with Gasteiger partial charge in [-0.15, -0.1) is 11.3 Å². The number of carbonyl (C=O) groups excluding carboxylic acids is 1. The number of hydrogen-bond acceptors (Lipinski definition) is 7. The van der Waals surface area contributed by atoms with E-state index in [0.29, 0.717) is 12.2 Å². The molecule has 0 spiro atoms. The minimum Gasteiger partial charge on any atom is -0.351 e. The summed E-state index contributed by atoms with van der Waals surface area (Å²) in [6.07, 6.45) is 9.02. The lowest BCUT2D eigenvalue weighted by Gasteiger charge is -2.33. The fourth-order valence-electron chi connectivity index (χ4n) is 3.18. The van der Waals surface area contributed by atoms with Crippen molar-refractivity contribution in [1.82, 2.24) is 34.9 Å². The number of thiazole rings is 1. The third-order valence-corrected chi connectivity index (χ3v) is 5.12. The second-order valence-corrected chi connectivity index (χ2v) is 7.13. The van der Waals surface area contributed by atoms with Gasteiger partial charge in [-0.2, -0.15) is 5.10 Å². The maximum absolute atomic E-state index is 12.1. The maximum Gasteiger partial charge on any atom is 0.271 e. The van der Waals surface area contributed by atoms with E-state index in [1.165, 1.54) is 18.1 Å². The summed E-state index contributed by atoms with van der Waals surface area (Å²) in [5, 5.41) is 10.5. The van der Waals surface area contributed by atoms with Gasteiger partial charge < -0.3 is 5.32 Å². The van der Waals surface area contributed by atoms with Crippen molar-refractivity contribution in [3.05, 3.63) is 58.8 Å². The highest BCUT2D eigenvalue weighted by atomic mass is 32.1. The van der Waals surface area contributed by atoms with Crippen molar-refractivity contribution >= 4 is 17.2 Å². The van der Waals surface area contributed by atoms with E-state index >= 15 is 0 Å². The molecule has 0 aromatic carbocycles. The largest absolute Gasteiger partial charge is 0.351 e. The molecule has 0 saturated carbocycles. The molecular formula is C17H19N7OS. The molecule has 0 saturated heterocycles. The van der Waals surface area contributed by atoms with Crippen molar-refractivity contribution in [1.29, 1.82) is 0 Å². The summed E-state index contributed by atoms with van der Waals surface area (Å²) in [7, 11) is 0. The first-order valence-electron chi connectivity index (χ1n) is 8.47. The highest BCUT2D eigenvalue weighted by Gasteiger charge is 2.26. The SMILES string of the molecule is O=C(NCCC1CN(Cc2nccs2)Cc2ccnn21)c1cnccn1. The van der Waals surface area contributed by atoms with Gasteiger partial charge in [0.15, 0.2) is 0 Å². The Morgan fingerprint density at radius 2 is 2.23 bits per heavy atom. The number of nitrogens with one attached hydrogen (secondary N) is 1. The normalized spacial score (nSPS) is 17.0. The van der Waals surface area contributed by atoms with Crippen molar-refractivity contribution in [2.24, 2.45) is 0 Å². The summed E-state index contributed by atoms with van der Waals surface area (Å²) in [6, 6.07) is 2.27. The van der Waals surface area contributed by atoms with Crippen molar-refractivity contribution in [3.8, 4) is 0 Å². The standard InChI is InChI=1S/C17H19N7OS/c25-17(15-9-18-5-6-19-15)21-3-1-13-10-23(12-16-20-7-8-26-16)11-14-2-4-22-24(13)14/h2,4-9,13H,1,3,10-12H2,(H,21,25). The van der Waals surface area contributed by atoms with Crippen LogP contribution in [0.5, 0.6) is 0 Å². The minimum atomic E-state index is -0.200. The van der Waals surface area contributed by atoms with Crippen LogP contribution in [-0.4, -0.2) is 48.6 Å². The van der Waals surface area contributed by atoms with Crippen LogP contribution >= 0.6 is 11.3 Å². The van der Waals surface area contributed by atoms with E-state index in [1.54, 1.807) is 17.5 Å². The molecule has 8 nitrogen and oxygen atoms in total. The van der Waals surface area contributed by atoms with Crippen LogP contribution < -0.4 is 5.32 Å². The molecule has 3 aromatic heterocycles. The van der Waals surface area contributed by atoms with Crippen molar-refractivity contribution < 1.29 is 4.79 Å². The van der Waals surface area contributed by atoms with Gasteiger partial charge in [0.1, 0.15) is 10.7 Å². The summed E-state index contributed by atoms with van der Waals surface area (Å²) in [4.78, 5) is 26.8. The van der Waals surface area contributed by atoms with Crippen LogP contribution in [0.3, 0.4) is 0 Å². The molecule has 0 radical (unpaired) electrons. The highest BCUT2D eigenvalue weighted by Crippen LogP contribution is 2.24. The van der Waals surface area contributed by atoms with Crippen LogP contribution in [0.4, 0.5) is 0 Å². The Hall–Kier alpha value is -2.65. The van der Waals surface area contributed by atoms with Gasteiger partial charge in [0, 0.05) is 49.8 Å². The van der Waals surface area contributed by atoms with E-state index in [0.717, 1.165) is 31.1 Å². The van der Waals surface area contributed by atoms with Gasteiger partial charge in [0.2, 0.25) is 0 Å². The van der Waals surface area contributed by atoms with E-state index in [2.05, 4.69) is 41.0 Å². The summed E-state index contributed by atoms with van der Waals surface area (Å²) in [5.74, 6) is -0.200. The Balaban J connectivity index is 1.37. The van der Waals surface area contributed by atoms with Gasteiger partial charge >= 0.3 is 0 Å². The minimum absolute atomic E-state index is 0.200. The second-order valence-electron chi connectivity index (χ2n) is 6.15. The summed E-state index contributed by atoms with van der Waals surface area (Å²) < 4.78 is 2.08. The highest BCUT2D eigenvalue weighted by molar-refractivity contribution is 7.09. The molecule has 3 aromatic rings. The molecule has 134 valence electrons. The zero-order valence-electron chi connectivity index (χ0n) is 14.2.